The Balaban J connectivity index is 1.80. The van der Waals surface area contributed by atoms with Gasteiger partial charge in [0.25, 0.3) is 5.91 Å². The number of carbonyl (C=O) groups is 1. The Morgan fingerprint density at radius 3 is 2.65 bits per heavy atom. The van der Waals surface area contributed by atoms with Crippen LogP contribution >= 0.6 is 0 Å². The van der Waals surface area contributed by atoms with Crippen molar-refractivity contribution in [3.63, 3.8) is 0 Å². The molecular formula is C20H17N3O3. The quantitative estimate of drug-likeness (QED) is 0.703. The Hall–Kier alpha value is -3.54. The molecule has 1 aliphatic heterocycles. The Bertz CT molecular complexity index is 979. The van der Waals surface area contributed by atoms with Gasteiger partial charge in [-0.25, -0.2) is 0 Å². The van der Waals surface area contributed by atoms with Crippen molar-refractivity contribution in [3.8, 4) is 5.75 Å². The van der Waals surface area contributed by atoms with Crippen LogP contribution in [-0.4, -0.2) is 21.7 Å². The number of hydrogen-bond donors (Lipinski definition) is 2. The highest BCUT2D eigenvalue weighted by Crippen LogP contribution is 2.34. The van der Waals surface area contributed by atoms with Gasteiger partial charge in [-0.05, 0) is 43.3 Å². The zero-order chi connectivity index (χ0) is 18.1. The molecule has 4 rings (SSSR count). The van der Waals surface area contributed by atoms with Crippen molar-refractivity contribution in [2.75, 3.05) is 5.32 Å². The number of para-hydroxylation sites is 2. The highest BCUT2D eigenvalue weighted by atomic mass is 16.3. The van der Waals surface area contributed by atoms with Crippen LogP contribution in [0, 0.1) is 0 Å². The predicted octanol–water partition coefficient (Wildman–Crippen LogP) is 3.98. The number of fused-ring (bicyclic) bond motifs is 1. The van der Waals surface area contributed by atoms with E-state index in [9.17, 15) is 9.90 Å². The van der Waals surface area contributed by atoms with Crippen LogP contribution in [0.4, 0.5) is 5.69 Å². The molecule has 26 heavy (non-hydrogen) atoms. The van der Waals surface area contributed by atoms with E-state index < -0.39 is 6.17 Å². The van der Waals surface area contributed by atoms with Gasteiger partial charge in [0, 0.05) is 11.3 Å². The van der Waals surface area contributed by atoms with E-state index in [0.717, 1.165) is 5.69 Å². The van der Waals surface area contributed by atoms with Crippen LogP contribution in [0.3, 0.4) is 0 Å². The third-order valence-corrected chi connectivity index (χ3v) is 4.27. The van der Waals surface area contributed by atoms with E-state index >= 15 is 0 Å². The molecule has 0 spiro atoms. The zero-order valence-corrected chi connectivity index (χ0v) is 14.1. The number of hydrazone groups is 1. The van der Waals surface area contributed by atoms with Crippen LogP contribution in [-0.2, 0) is 0 Å². The summed E-state index contributed by atoms with van der Waals surface area (Å²) in [7, 11) is 0. The normalized spacial score (nSPS) is 17.0. The van der Waals surface area contributed by atoms with Gasteiger partial charge < -0.3 is 14.8 Å². The van der Waals surface area contributed by atoms with Crippen LogP contribution < -0.4 is 5.32 Å². The van der Waals surface area contributed by atoms with Crippen molar-refractivity contribution < 1.29 is 14.3 Å². The number of rotatable bonds is 3. The number of aromatic hydroxyl groups is 1. The second-order valence-electron chi connectivity index (χ2n) is 5.96. The first-order valence-corrected chi connectivity index (χ1v) is 8.21. The molecule has 1 aromatic heterocycles. The number of benzene rings is 2. The number of nitrogens with zero attached hydrogens (tertiary/aromatic N) is 2. The van der Waals surface area contributed by atoms with Crippen molar-refractivity contribution in [3.05, 3.63) is 83.8 Å². The molecule has 0 fully saturated rings. The molecule has 0 bridgehead atoms. The molecule has 0 saturated carbocycles. The minimum absolute atomic E-state index is 0.112. The lowest BCUT2D eigenvalue weighted by molar-refractivity contribution is 0.0670. The van der Waals surface area contributed by atoms with E-state index in [1.807, 2.05) is 24.3 Å². The van der Waals surface area contributed by atoms with E-state index in [2.05, 4.69) is 10.4 Å². The molecule has 130 valence electrons. The van der Waals surface area contributed by atoms with Crippen molar-refractivity contribution in [1.29, 1.82) is 0 Å². The zero-order valence-electron chi connectivity index (χ0n) is 14.1. The monoisotopic (exact) mass is 347 g/mol. The molecule has 2 aromatic carbocycles. The van der Waals surface area contributed by atoms with Gasteiger partial charge in [-0.2, -0.15) is 10.1 Å². The van der Waals surface area contributed by atoms with Gasteiger partial charge in [0.2, 0.25) is 0 Å². The second kappa shape index (κ2) is 6.40. The van der Waals surface area contributed by atoms with E-state index in [1.54, 1.807) is 49.6 Å². The molecule has 0 saturated heterocycles. The lowest BCUT2D eigenvalue weighted by atomic mass is 10.1. The van der Waals surface area contributed by atoms with Crippen LogP contribution in [0.1, 0.15) is 34.8 Å². The van der Waals surface area contributed by atoms with E-state index in [1.165, 1.54) is 5.01 Å². The molecular weight excluding hydrogens is 330 g/mol. The summed E-state index contributed by atoms with van der Waals surface area (Å²) in [4.78, 5) is 13.0. The molecule has 0 radical (unpaired) electrons. The summed E-state index contributed by atoms with van der Waals surface area (Å²) >= 11 is 0. The third kappa shape index (κ3) is 2.71. The topological polar surface area (TPSA) is 78.1 Å². The van der Waals surface area contributed by atoms with Gasteiger partial charge in [0.1, 0.15) is 11.5 Å². The number of amides is 1. The fourth-order valence-electron chi connectivity index (χ4n) is 2.98. The maximum atomic E-state index is 13.0. The SMILES string of the molecule is C/C(=N\N1C(=O)c2ccccc2N[C@H]1c1ccco1)c1ccccc1O. The first kappa shape index (κ1) is 16.0. The van der Waals surface area contributed by atoms with E-state index in [4.69, 9.17) is 4.42 Å². The molecule has 3 aromatic rings. The van der Waals surface area contributed by atoms with E-state index in [0.29, 0.717) is 22.6 Å². The Kier molecular flexibility index (Phi) is 3.93. The average molecular weight is 347 g/mol. The number of hydrogen-bond acceptors (Lipinski definition) is 5. The Morgan fingerprint density at radius 2 is 1.88 bits per heavy atom. The smallest absolute Gasteiger partial charge is 0.278 e. The first-order valence-electron chi connectivity index (χ1n) is 8.21. The van der Waals surface area contributed by atoms with Gasteiger partial charge in [-0.15, -0.1) is 0 Å². The summed E-state index contributed by atoms with van der Waals surface area (Å²) in [6, 6.07) is 17.7. The molecule has 6 heteroatoms. The van der Waals surface area contributed by atoms with Crippen LogP contribution in [0.5, 0.6) is 5.75 Å². The largest absolute Gasteiger partial charge is 0.507 e. The van der Waals surface area contributed by atoms with Gasteiger partial charge >= 0.3 is 0 Å². The maximum absolute atomic E-state index is 13.0. The number of phenols is 1. The Labute approximate surface area is 150 Å². The number of nitrogens with one attached hydrogen (secondary N) is 1. The molecule has 1 amide bonds. The molecule has 1 aliphatic rings. The van der Waals surface area contributed by atoms with Gasteiger partial charge in [-0.3, -0.25) is 4.79 Å². The molecule has 6 nitrogen and oxygen atoms in total. The number of furan rings is 1. The molecule has 0 aliphatic carbocycles. The van der Waals surface area contributed by atoms with Crippen LogP contribution in [0.15, 0.2) is 76.4 Å². The summed E-state index contributed by atoms with van der Waals surface area (Å²) < 4.78 is 5.50. The van der Waals surface area contributed by atoms with Crippen molar-refractivity contribution >= 4 is 17.3 Å². The fourth-order valence-corrected chi connectivity index (χ4v) is 2.98. The van der Waals surface area contributed by atoms with Crippen LogP contribution in [0.2, 0.25) is 0 Å². The Morgan fingerprint density at radius 1 is 1.12 bits per heavy atom. The van der Waals surface area contributed by atoms with Crippen LogP contribution in [0.25, 0.3) is 0 Å². The summed E-state index contributed by atoms with van der Waals surface area (Å²) in [6.45, 7) is 1.75. The maximum Gasteiger partial charge on any atom is 0.278 e. The number of phenolic OH excluding ortho intramolecular Hbond substituents is 1. The predicted molar refractivity (Wildman–Crippen MR) is 98.0 cm³/mol. The highest BCUT2D eigenvalue weighted by Gasteiger charge is 2.34. The molecule has 1 atom stereocenters. The summed E-state index contributed by atoms with van der Waals surface area (Å²) in [6.07, 6.45) is 0.980. The lowest BCUT2D eigenvalue weighted by Gasteiger charge is -2.33. The summed E-state index contributed by atoms with van der Waals surface area (Å²) in [5.74, 6) is 0.443. The molecule has 2 N–H and O–H groups in total. The van der Waals surface area contributed by atoms with Crippen molar-refractivity contribution in [2.45, 2.75) is 13.1 Å². The molecule has 0 unspecified atom stereocenters. The van der Waals surface area contributed by atoms with Gasteiger partial charge in [-0.1, -0.05) is 24.3 Å². The highest BCUT2D eigenvalue weighted by molar-refractivity contribution is 6.05. The number of carbonyl (C=O) groups excluding carboxylic acids is 1. The van der Waals surface area contributed by atoms with Crippen molar-refractivity contribution in [1.82, 2.24) is 5.01 Å². The summed E-state index contributed by atoms with van der Waals surface area (Å²) in [5.41, 5.74) is 2.35. The third-order valence-electron chi connectivity index (χ3n) is 4.27. The van der Waals surface area contributed by atoms with Crippen molar-refractivity contribution in [2.24, 2.45) is 5.10 Å². The fraction of sp³-hybridized carbons (Fsp3) is 0.100. The minimum atomic E-state index is -0.576. The average Bonchev–Trinajstić information content (AvgIpc) is 3.18. The van der Waals surface area contributed by atoms with Gasteiger partial charge in [0.15, 0.2) is 6.17 Å². The first-order chi connectivity index (χ1) is 12.6. The lowest BCUT2D eigenvalue weighted by Crippen LogP contribution is -2.40. The van der Waals surface area contributed by atoms with E-state index in [-0.39, 0.29) is 11.7 Å². The standard InChI is InChI=1S/C20H17N3O3/c1-13(14-7-3-5-10-17(14)24)22-23-19(18-11-6-12-26-18)21-16-9-4-2-8-15(16)20(23)25/h2-12,19,21,24H,1H3/b22-13+/t19-/m1/s1. The number of anilines is 1. The minimum Gasteiger partial charge on any atom is -0.507 e. The van der Waals surface area contributed by atoms with Gasteiger partial charge in [0.05, 0.1) is 17.5 Å². The summed E-state index contributed by atoms with van der Waals surface area (Å²) in [5, 5.41) is 19.2. The molecule has 2 heterocycles. The second-order valence-corrected chi connectivity index (χ2v) is 5.96.